The maximum Gasteiger partial charge on any atom is 0.295 e. The molecule has 1 aliphatic heterocycles. The molecular weight excluding hydrogens is 432 g/mol. The molecule has 0 aromatic heterocycles. The molecule has 1 saturated heterocycles. The number of Topliss-reactive ketones (excluding diaryl/α,β-unsaturated/α-hetero) is 1. The summed E-state index contributed by atoms with van der Waals surface area (Å²) in [5.74, 6) is -0.938. The molecule has 8 heteroatoms. The van der Waals surface area contributed by atoms with E-state index < -0.39 is 23.5 Å². The largest absolute Gasteiger partial charge is 0.872 e. The number of halogens is 1. The Morgan fingerprint density at radius 1 is 1.12 bits per heavy atom. The van der Waals surface area contributed by atoms with E-state index in [1.807, 2.05) is 21.0 Å². The number of methoxy groups -OCH3 is 1. The lowest BCUT2D eigenvalue weighted by molar-refractivity contribution is -0.857. The quantitative estimate of drug-likeness (QED) is 0.364. The van der Waals surface area contributed by atoms with Crippen LogP contribution in [0.2, 0.25) is 5.02 Å². The van der Waals surface area contributed by atoms with Gasteiger partial charge in [0.1, 0.15) is 0 Å². The third-order valence-corrected chi connectivity index (χ3v) is 5.54. The van der Waals surface area contributed by atoms with E-state index in [1.54, 1.807) is 42.5 Å². The molecule has 1 fully saturated rings. The standard InChI is InChI=1S/C24H27ClN2O5/c1-5-32-18-11-8-16(14-19(18)31-4)21-20(22(28)15-6-9-17(25)10-7-15)23(29)24(30)27(21)13-12-26(2)3/h6-11,14,21,28H,5,12-13H2,1-4H3. The summed E-state index contributed by atoms with van der Waals surface area (Å²) in [4.78, 5) is 28.5. The Bertz CT molecular complexity index is 1030. The lowest BCUT2D eigenvalue weighted by atomic mass is 9.95. The average Bonchev–Trinajstić information content (AvgIpc) is 3.03. The number of amides is 1. The maximum absolute atomic E-state index is 13.4. The molecule has 0 aliphatic carbocycles. The second-order valence-corrected chi connectivity index (χ2v) is 8.22. The molecule has 32 heavy (non-hydrogen) atoms. The maximum atomic E-state index is 13.4. The van der Waals surface area contributed by atoms with Gasteiger partial charge in [0.2, 0.25) is 5.78 Å². The lowest BCUT2D eigenvalue weighted by Gasteiger charge is -2.28. The normalized spacial score (nSPS) is 17.8. The summed E-state index contributed by atoms with van der Waals surface area (Å²) >= 11 is 5.94. The van der Waals surface area contributed by atoms with Crippen molar-refractivity contribution in [2.75, 3.05) is 40.9 Å². The summed E-state index contributed by atoms with van der Waals surface area (Å²) in [6.07, 6.45) is 0. The van der Waals surface area contributed by atoms with E-state index in [0.717, 1.165) is 4.90 Å². The van der Waals surface area contributed by atoms with E-state index in [4.69, 9.17) is 21.1 Å². The molecule has 7 nitrogen and oxygen atoms in total. The minimum absolute atomic E-state index is 0.0720. The van der Waals surface area contributed by atoms with Gasteiger partial charge in [-0.15, -0.1) is 0 Å². The van der Waals surface area contributed by atoms with Crippen LogP contribution in [0.25, 0.3) is 5.76 Å². The number of nitrogens with one attached hydrogen (secondary N) is 1. The summed E-state index contributed by atoms with van der Waals surface area (Å²) in [7, 11) is 5.44. The Hall–Kier alpha value is -3.03. The third-order valence-electron chi connectivity index (χ3n) is 5.29. The van der Waals surface area contributed by atoms with Gasteiger partial charge in [-0.1, -0.05) is 35.6 Å². The van der Waals surface area contributed by atoms with Crippen LogP contribution in [-0.2, 0) is 9.59 Å². The molecule has 3 rings (SSSR count). The second-order valence-electron chi connectivity index (χ2n) is 7.78. The van der Waals surface area contributed by atoms with Crippen LogP contribution in [0, 0.1) is 0 Å². The Morgan fingerprint density at radius 2 is 1.81 bits per heavy atom. The predicted molar refractivity (Wildman–Crippen MR) is 120 cm³/mol. The van der Waals surface area contributed by atoms with Crippen molar-refractivity contribution >= 4 is 29.1 Å². The zero-order valence-electron chi connectivity index (χ0n) is 18.6. The number of benzene rings is 2. The molecule has 1 unspecified atom stereocenters. The van der Waals surface area contributed by atoms with Gasteiger partial charge in [0, 0.05) is 10.6 Å². The van der Waals surface area contributed by atoms with Gasteiger partial charge in [0.15, 0.2) is 11.5 Å². The van der Waals surface area contributed by atoms with E-state index in [0.29, 0.717) is 47.3 Å². The molecule has 0 spiro atoms. The molecule has 2 aromatic rings. The van der Waals surface area contributed by atoms with Crippen LogP contribution in [-0.4, -0.2) is 57.5 Å². The Labute approximate surface area is 192 Å². The van der Waals surface area contributed by atoms with Crippen LogP contribution in [0.5, 0.6) is 11.5 Å². The van der Waals surface area contributed by atoms with Gasteiger partial charge in [-0.2, -0.15) is 0 Å². The monoisotopic (exact) mass is 458 g/mol. The number of carbonyl (C=O) groups is 2. The summed E-state index contributed by atoms with van der Waals surface area (Å²) < 4.78 is 11.0. The molecule has 0 saturated carbocycles. The topological polar surface area (TPSA) is 83.3 Å². The van der Waals surface area contributed by atoms with E-state index in [9.17, 15) is 14.7 Å². The summed E-state index contributed by atoms with van der Waals surface area (Å²) in [6, 6.07) is 10.7. The Balaban J connectivity index is 2.16. The smallest absolute Gasteiger partial charge is 0.295 e. The van der Waals surface area contributed by atoms with Gasteiger partial charge in [0.05, 0.1) is 46.9 Å². The van der Waals surface area contributed by atoms with Crippen molar-refractivity contribution < 1.29 is 29.1 Å². The van der Waals surface area contributed by atoms with Gasteiger partial charge < -0.3 is 24.4 Å². The highest BCUT2D eigenvalue weighted by molar-refractivity contribution is 6.46. The first kappa shape index (κ1) is 23.6. The zero-order chi connectivity index (χ0) is 23.4. The highest BCUT2D eigenvalue weighted by Crippen LogP contribution is 2.41. The number of rotatable bonds is 8. The van der Waals surface area contributed by atoms with Crippen LogP contribution < -0.4 is 19.5 Å². The van der Waals surface area contributed by atoms with Gasteiger partial charge in [0.25, 0.3) is 5.91 Å². The number of ketones is 1. The number of hydrogen-bond donors (Lipinski definition) is 1. The van der Waals surface area contributed by atoms with Crippen molar-refractivity contribution in [2.45, 2.75) is 13.0 Å². The predicted octanol–water partition coefficient (Wildman–Crippen LogP) is 1.12. The first-order valence-corrected chi connectivity index (χ1v) is 10.8. The summed E-state index contributed by atoms with van der Waals surface area (Å²) in [6.45, 7) is 3.26. The molecule has 170 valence electrons. The average molecular weight is 459 g/mol. The number of likely N-dealkylation sites (N-methyl/N-ethyl adjacent to an activating group) is 1. The highest BCUT2D eigenvalue weighted by Gasteiger charge is 2.44. The van der Waals surface area contributed by atoms with Gasteiger partial charge in [-0.25, -0.2) is 0 Å². The van der Waals surface area contributed by atoms with Crippen LogP contribution in [0.3, 0.4) is 0 Å². The molecule has 1 amide bonds. The molecule has 1 N–H and O–H groups in total. The molecule has 1 heterocycles. The molecule has 0 radical (unpaired) electrons. The van der Waals surface area contributed by atoms with Crippen molar-refractivity contribution in [2.24, 2.45) is 0 Å². The first-order valence-electron chi connectivity index (χ1n) is 10.4. The van der Waals surface area contributed by atoms with Crippen LogP contribution >= 0.6 is 11.6 Å². The second kappa shape index (κ2) is 10.1. The van der Waals surface area contributed by atoms with Gasteiger partial charge >= 0.3 is 0 Å². The zero-order valence-corrected chi connectivity index (χ0v) is 19.4. The fourth-order valence-electron chi connectivity index (χ4n) is 3.68. The number of likely N-dealkylation sites (tertiary alicyclic amines) is 1. The van der Waals surface area contributed by atoms with Crippen LogP contribution in [0.1, 0.15) is 24.1 Å². The minimum Gasteiger partial charge on any atom is -0.872 e. The molecule has 1 aliphatic rings. The number of hydrogen-bond acceptors (Lipinski definition) is 5. The number of carbonyl (C=O) groups excluding carboxylic acids is 2. The molecule has 0 bridgehead atoms. The first-order chi connectivity index (χ1) is 15.3. The lowest BCUT2D eigenvalue weighted by Crippen LogP contribution is -3.06. The highest BCUT2D eigenvalue weighted by atomic mass is 35.5. The Morgan fingerprint density at radius 3 is 2.41 bits per heavy atom. The summed E-state index contributed by atoms with van der Waals surface area (Å²) in [5.41, 5.74) is 0.835. The molecule has 2 aromatic carbocycles. The van der Waals surface area contributed by atoms with E-state index in [2.05, 4.69) is 0 Å². The van der Waals surface area contributed by atoms with Crippen molar-refractivity contribution in [3.8, 4) is 11.5 Å². The van der Waals surface area contributed by atoms with Crippen molar-refractivity contribution in [3.63, 3.8) is 0 Å². The molecular formula is C24H27ClN2O5. The Kier molecular flexibility index (Phi) is 7.43. The third kappa shape index (κ3) is 4.74. The molecule has 1 atom stereocenters. The van der Waals surface area contributed by atoms with Crippen LogP contribution in [0.4, 0.5) is 0 Å². The fraction of sp³-hybridized carbons (Fsp3) is 0.333. The van der Waals surface area contributed by atoms with Crippen molar-refractivity contribution in [3.05, 3.63) is 64.2 Å². The minimum atomic E-state index is -0.817. The number of nitrogens with zero attached hydrogens (tertiary/aromatic N) is 1. The van der Waals surface area contributed by atoms with Crippen molar-refractivity contribution in [1.82, 2.24) is 4.90 Å². The summed E-state index contributed by atoms with van der Waals surface area (Å²) in [5, 5.41) is 13.8. The fourth-order valence-corrected chi connectivity index (χ4v) is 3.80. The van der Waals surface area contributed by atoms with Gasteiger partial charge in [-0.05, 0) is 42.3 Å². The number of quaternary nitrogens is 1. The van der Waals surface area contributed by atoms with Crippen LogP contribution in [0.15, 0.2) is 48.0 Å². The van der Waals surface area contributed by atoms with Gasteiger partial charge in [-0.3, -0.25) is 9.59 Å². The van der Waals surface area contributed by atoms with Crippen molar-refractivity contribution in [1.29, 1.82) is 0 Å². The van der Waals surface area contributed by atoms with E-state index in [1.165, 1.54) is 12.0 Å². The SMILES string of the molecule is CCOc1ccc(C2C(=C([O-])c3ccc(Cl)cc3)C(=O)C(=O)N2CC[NH+](C)C)cc1OC. The van der Waals surface area contributed by atoms with E-state index >= 15 is 0 Å². The number of ether oxygens (including phenoxy) is 2. The van der Waals surface area contributed by atoms with E-state index in [-0.39, 0.29) is 5.57 Å².